The summed E-state index contributed by atoms with van der Waals surface area (Å²) in [6, 6.07) is 29.9. The van der Waals surface area contributed by atoms with Crippen LogP contribution in [0.1, 0.15) is 42.5 Å². The van der Waals surface area contributed by atoms with Gasteiger partial charge < -0.3 is 24.2 Å². The molecule has 0 amide bonds. The fourth-order valence-electron chi connectivity index (χ4n) is 7.93. The average Bonchev–Trinajstić information content (AvgIpc) is 4.17. The number of aromatic amines is 2. The molecule has 12 heteroatoms. The van der Waals surface area contributed by atoms with E-state index >= 15 is 17.6 Å². The fourth-order valence-corrected chi connectivity index (χ4v) is 9.00. The third kappa shape index (κ3) is 7.65. The first-order valence-corrected chi connectivity index (χ1v) is 21.3. The largest absolute Gasteiger partial charge is 0.497 e. The zero-order chi connectivity index (χ0) is 43.8. The van der Waals surface area contributed by atoms with E-state index in [-0.39, 0.29) is 22.5 Å². The van der Waals surface area contributed by atoms with Gasteiger partial charge in [-0.3, -0.25) is 0 Å². The number of hydrogen-bond acceptors (Lipinski definition) is 6. The van der Waals surface area contributed by atoms with E-state index in [9.17, 15) is 0 Å². The Labute approximate surface area is 365 Å². The Morgan fingerprint density at radius 3 is 1.11 bits per heavy atom. The average molecular weight is 865 g/mol. The van der Waals surface area contributed by atoms with E-state index in [2.05, 4.69) is 9.97 Å². The maximum absolute atomic E-state index is 16.6. The molecule has 0 atom stereocenters. The van der Waals surface area contributed by atoms with E-state index in [1.54, 1.807) is 45.6 Å². The van der Waals surface area contributed by atoms with Crippen molar-refractivity contribution in [1.29, 1.82) is 0 Å². The molecule has 2 N–H and O–H groups in total. The van der Waals surface area contributed by atoms with Gasteiger partial charge in [0.05, 0.1) is 54.6 Å². The van der Waals surface area contributed by atoms with Crippen LogP contribution >= 0.6 is 11.8 Å². The third-order valence-corrected chi connectivity index (χ3v) is 12.2. The molecule has 9 rings (SSSR count). The predicted octanol–water partition coefficient (Wildman–Crippen LogP) is 13.8. The Kier molecular flexibility index (Phi) is 11.4. The first-order chi connectivity index (χ1) is 30.7. The first-order valence-electron chi connectivity index (χ1n) is 20.3. The van der Waals surface area contributed by atoms with E-state index in [1.807, 2.05) is 104 Å². The number of H-pyrrole nitrogens is 2. The third-order valence-electron chi connectivity index (χ3n) is 11.1. The number of unbranched alkanes of at least 4 members (excludes halogenated alkanes) is 1. The lowest BCUT2D eigenvalue weighted by atomic mass is 10.0. The minimum Gasteiger partial charge on any atom is -0.497 e. The number of hydrogen-bond donors (Lipinski definition) is 2. The Hall–Kier alpha value is -7.05. The molecular formula is C51H40F4N4O3S. The molecule has 0 fully saturated rings. The van der Waals surface area contributed by atoms with Crippen molar-refractivity contribution < 1.29 is 31.8 Å². The monoisotopic (exact) mass is 864 g/mol. The molecule has 3 aromatic heterocycles. The molecule has 2 aliphatic heterocycles. The summed E-state index contributed by atoms with van der Waals surface area (Å²) in [7, 11) is 4.78. The Balaban J connectivity index is 1.44. The van der Waals surface area contributed by atoms with Crippen molar-refractivity contribution in [3.63, 3.8) is 0 Å². The smallest absolute Gasteiger partial charge is 0.176 e. The van der Waals surface area contributed by atoms with Crippen molar-refractivity contribution in [2.24, 2.45) is 0 Å². The van der Waals surface area contributed by atoms with Crippen molar-refractivity contribution in [2.45, 2.75) is 24.7 Å². The van der Waals surface area contributed by atoms with E-state index in [1.165, 1.54) is 0 Å². The molecule has 5 heterocycles. The number of nitrogens with zero attached hydrogens (tertiary/aromatic N) is 2. The second-order valence-electron chi connectivity index (χ2n) is 14.9. The first kappa shape index (κ1) is 41.3. The van der Waals surface area contributed by atoms with E-state index in [0.717, 1.165) is 46.0 Å². The van der Waals surface area contributed by atoms with Crippen LogP contribution in [0.3, 0.4) is 0 Å². The van der Waals surface area contributed by atoms with Crippen LogP contribution in [0.4, 0.5) is 17.6 Å². The Bertz CT molecular complexity index is 3050. The summed E-state index contributed by atoms with van der Waals surface area (Å²) >= 11 is 0.753. The summed E-state index contributed by atoms with van der Waals surface area (Å²) in [5.41, 5.74) is 7.29. The zero-order valence-electron chi connectivity index (χ0n) is 34.7. The van der Waals surface area contributed by atoms with Crippen molar-refractivity contribution in [1.82, 2.24) is 19.9 Å². The van der Waals surface area contributed by atoms with Crippen LogP contribution < -0.4 is 14.2 Å². The molecule has 63 heavy (non-hydrogen) atoms. The number of thioether (sulfide) groups is 1. The maximum atomic E-state index is 16.6. The van der Waals surface area contributed by atoms with Crippen LogP contribution in [0.2, 0.25) is 0 Å². The molecule has 7 nitrogen and oxygen atoms in total. The number of methoxy groups -OCH3 is 3. The van der Waals surface area contributed by atoms with Crippen molar-refractivity contribution in [3.8, 4) is 61.8 Å². The van der Waals surface area contributed by atoms with E-state index in [0.29, 0.717) is 62.9 Å². The molecule has 2 aliphatic rings. The number of halogens is 4. The lowest BCUT2D eigenvalue weighted by Crippen LogP contribution is -2.04. The molecule has 0 spiro atoms. The number of ether oxygens (including phenoxy) is 3. The van der Waals surface area contributed by atoms with Gasteiger partial charge >= 0.3 is 0 Å². The van der Waals surface area contributed by atoms with Gasteiger partial charge in [-0.1, -0.05) is 49.7 Å². The van der Waals surface area contributed by atoms with Gasteiger partial charge in [-0.2, -0.15) is 0 Å². The number of aromatic nitrogens is 4. The highest BCUT2D eigenvalue weighted by Crippen LogP contribution is 2.43. The lowest BCUT2D eigenvalue weighted by molar-refractivity contribution is 0.415. The van der Waals surface area contributed by atoms with E-state index < -0.39 is 33.7 Å². The second kappa shape index (κ2) is 17.4. The van der Waals surface area contributed by atoms with Crippen molar-refractivity contribution in [2.75, 3.05) is 27.1 Å². The molecular weight excluding hydrogens is 825 g/mol. The summed E-state index contributed by atoms with van der Waals surface area (Å²) in [6.07, 6.45) is 8.53. The second-order valence-corrected chi connectivity index (χ2v) is 16.0. The van der Waals surface area contributed by atoms with Gasteiger partial charge in [0, 0.05) is 44.3 Å². The van der Waals surface area contributed by atoms with Gasteiger partial charge in [0.2, 0.25) is 0 Å². The zero-order valence-corrected chi connectivity index (χ0v) is 35.5. The van der Waals surface area contributed by atoms with E-state index in [4.69, 9.17) is 24.2 Å². The predicted molar refractivity (Wildman–Crippen MR) is 246 cm³/mol. The Morgan fingerprint density at radius 2 is 0.778 bits per heavy atom. The summed E-state index contributed by atoms with van der Waals surface area (Å²) in [4.78, 5) is 16.6. The SMILES string of the molecule is CCCCSc1c(F)c(F)c(-c2c3nc(c(-c4ccc(OC)cc4)c4ccc([nH]4)c(-c4ccc(OC)cc4)c4nc(c(-c5ccc(OC)cc5)c5ccc2[nH]5)C=C4)C=C3)c(F)c1F. The van der Waals surface area contributed by atoms with Gasteiger partial charge in [-0.15, -0.1) is 11.8 Å². The van der Waals surface area contributed by atoms with Crippen molar-refractivity contribution in [3.05, 3.63) is 143 Å². The molecule has 0 aliphatic carbocycles. The summed E-state index contributed by atoms with van der Waals surface area (Å²) in [5, 5.41) is 0. The number of benzene rings is 4. The van der Waals surface area contributed by atoms with Crippen LogP contribution in [0.5, 0.6) is 17.2 Å². The normalized spacial score (nSPS) is 11.9. The fraction of sp³-hybridized carbons (Fsp3) is 0.137. The van der Waals surface area contributed by atoms with Crippen LogP contribution in [0.15, 0.2) is 102 Å². The molecule has 4 aromatic carbocycles. The highest BCUT2D eigenvalue weighted by Gasteiger charge is 2.30. The number of fused-ring (bicyclic) bond motifs is 8. The quantitative estimate of drug-likeness (QED) is 0.0583. The number of nitrogens with one attached hydrogen (secondary N) is 2. The summed E-state index contributed by atoms with van der Waals surface area (Å²) in [6.45, 7) is 1.92. The van der Waals surface area contributed by atoms with Gasteiger partial charge in [0.15, 0.2) is 23.3 Å². The highest BCUT2D eigenvalue weighted by atomic mass is 32.2. The molecule has 8 bridgehead atoms. The van der Waals surface area contributed by atoms with Crippen LogP contribution in [0.25, 0.3) is 90.9 Å². The molecule has 0 radical (unpaired) electrons. The maximum Gasteiger partial charge on any atom is 0.176 e. The van der Waals surface area contributed by atoms with Crippen LogP contribution in [-0.2, 0) is 0 Å². The van der Waals surface area contributed by atoms with Gasteiger partial charge in [-0.05, 0) is 114 Å². The number of rotatable bonds is 11. The molecule has 0 saturated carbocycles. The topological polar surface area (TPSA) is 85.1 Å². The molecule has 7 aromatic rings. The van der Waals surface area contributed by atoms with Gasteiger partial charge in [0.25, 0.3) is 0 Å². The minimum absolute atomic E-state index is 0.0801. The van der Waals surface area contributed by atoms with Gasteiger partial charge in [-0.25, -0.2) is 27.5 Å². The van der Waals surface area contributed by atoms with Gasteiger partial charge in [0.1, 0.15) is 17.2 Å². The van der Waals surface area contributed by atoms with Crippen molar-refractivity contribution >= 4 is 58.1 Å². The van der Waals surface area contributed by atoms with Crippen LogP contribution in [0, 0.1) is 23.3 Å². The minimum atomic E-state index is -1.52. The molecule has 316 valence electrons. The standard InChI is InChI=1S/C51H40F4N4O3S/c1-5-6-27-63-51-49(54)47(52)46(48(53)50(51)55)45-40-25-23-38(58-40)43(29-9-15-32(61-3)16-10-29)36-21-19-34(56-36)42(28-7-13-31(60-2)14-8-28)35-20-22-37(57-35)44(39-24-26-41(45)59-39)30-11-17-33(62-4)18-12-30/h7-26,56,59H,5-6,27H2,1-4H3. The summed E-state index contributed by atoms with van der Waals surface area (Å²) < 4.78 is 81.8. The lowest BCUT2D eigenvalue weighted by Gasteiger charge is -2.13. The summed E-state index contributed by atoms with van der Waals surface area (Å²) in [5.74, 6) is -3.70. The molecule has 0 saturated heterocycles. The molecule has 0 unspecified atom stereocenters. The van der Waals surface area contributed by atoms with Crippen LogP contribution in [-0.4, -0.2) is 47.0 Å². The Morgan fingerprint density at radius 1 is 0.444 bits per heavy atom. The highest BCUT2D eigenvalue weighted by molar-refractivity contribution is 7.99.